The van der Waals surface area contributed by atoms with E-state index in [0.29, 0.717) is 34.7 Å². The Bertz CT molecular complexity index is 1020. The number of rotatable bonds is 5. The summed E-state index contributed by atoms with van der Waals surface area (Å²) in [6, 6.07) is 12.7. The number of furan rings is 1. The van der Waals surface area contributed by atoms with Gasteiger partial charge < -0.3 is 15.1 Å². The van der Waals surface area contributed by atoms with E-state index in [1.807, 2.05) is 12.1 Å². The lowest BCUT2D eigenvalue weighted by molar-refractivity contribution is -0.117. The fraction of sp³-hybridized carbons (Fsp3) is 0.304. The first-order chi connectivity index (χ1) is 14.1. The highest BCUT2D eigenvalue weighted by atomic mass is 19.1. The van der Waals surface area contributed by atoms with Gasteiger partial charge in [0.25, 0.3) is 5.91 Å². The summed E-state index contributed by atoms with van der Waals surface area (Å²) in [5, 5.41) is 6.27. The number of amides is 2. The summed E-state index contributed by atoms with van der Waals surface area (Å²) >= 11 is 0. The molecule has 0 saturated heterocycles. The fourth-order valence-corrected chi connectivity index (χ4v) is 3.89. The molecule has 6 heteroatoms. The van der Waals surface area contributed by atoms with Crippen molar-refractivity contribution in [3.63, 3.8) is 0 Å². The second-order valence-electron chi connectivity index (χ2n) is 7.52. The van der Waals surface area contributed by atoms with Gasteiger partial charge in [0.2, 0.25) is 11.7 Å². The molecule has 0 radical (unpaired) electrons. The Kier molecular flexibility index (Phi) is 5.60. The Labute approximate surface area is 168 Å². The molecule has 0 bridgehead atoms. The number of halogens is 1. The zero-order valence-corrected chi connectivity index (χ0v) is 16.0. The number of nitrogens with one attached hydrogen (secondary N) is 2. The SMILES string of the molecule is O=C(CC1CCCCC1)Nc1c(C(=O)Nc2ccc(F)cc2)oc2ccccc12. The average molecular weight is 394 g/mol. The Balaban J connectivity index is 1.57. The van der Waals surface area contributed by atoms with E-state index in [0.717, 1.165) is 25.7 Å². The maximum Gasteiger partial charge on any atom is 0.293 e. The van der Waals surface area contributed by atoms with Crippen molar-refractivity contribution < 1.29 is 18.4 Å². The standard InChI is InChI=1S/C23H23FN2O3/c24-16-10-12-17(13-11-16)25-23(28)22-21(18-8-4-5-9-19(18)29-22)26-20(27)14-15-6-2-1-3-7-15/h4-5,8-13,15H,1-3,6-7,14H2,(H,25,28)(H,26,27). The first kappa shape index (κ1) is 19.2. The molecule has 1 aliphatic rings. The molecule has 150 valence electrons. The van der Waals surface area contributed by atoms with Gasteiger partial charge in [-0.3, -0.25) is 9.59 Å². The van der Waals surface area contributed by atoms with Crippen molar-refractivity contribution in [2.24, 2.45) is 5.92 Å². The highest BCUT2D eigenvalue weighted by Crippen LogP contribution is 2.33. The van der Waals surface area contributed by atoms with Crippen LogP contribution in [0.1, 0.15) is 49.1 Å². The number of fused-ring (bicyclic) bond motifs is 1. The van der Waals surface area contributed by atoms with Gasteiger partial charge in [0, 0.05) is 17.5 Å². The number of carbonyl (C=O) groups is 2. The van der Waals surface area contributed by atoms with Gasteiger partial charge in [0.05, 0.1) is 0 Å². The van der Waals surface area contributed by atoms with Crippen molar-refractivity contribution in [2.45, 2.75) is 38.5 Å². The molecule has 2 N–H and O–H groups in total. The highest BCUT2D eigenvalue weighted by Gasteiger charge is 2.24. The molecule has 0 spiro atoms. The summed E-state index contributed by atoms with van der Waals surface area (Å²) in [4.78, 5) is 25.5. The third kappa shape index (κ3) is 4.47. The van der Waals surface area contributed by atoms with Gasteiger partial charge in [-0.15, -0.1) is 0 Å². The molecule has 5 nitrogen and oxygen atoms in total. The first-order valence-corrected chi connectivity index (χ1v) is 9.98. The molecule has 29 heavy (non-hydrogen) atoms. The number of hydrogen-bond acceptors (Lipinski definition) is 3. The van der Waals surface area contributed by atoms with Crippen LogP contribution in [0.5, 0.6) is 0 Å². The van der Waals surface area contributed by atoms with Gasteiger partial charge in [-0.05, 0) is 55.2 Å². The predicted octanol–water partition coefficient (Wildman–Crippen LogP) is 5.73. The van der Waals surface area contributed by atoms with E-state index >= 15 is 0 Å². The van der Waals surface area contributed by atoms with Crippen LogP contribution in [-0.4, -0.2) is 11.8 Å². The molecule has 0 unspecified atom stereocenters. The van der Waals surface area contributed by atoms with Gasteiger partial charge in [0.15, 0.2) is 0 Å². The molecule has 2 aromatic carbocycles. The van der Waals surface area contributed by atoms with Gasteiger partial charge in [-0.1, -0.05) is 31.4 Å². The minimum Gasteiger partial charge on any atom is -0.449 e. The van der Waals surface area contributed by atoms with Crippen LogP contribution < -0.4 is 10.6 Å². The molecule has 1 saturated carbocycles. The first-order valence-electron chi connectivity index (χ1n) is 9.98. The van der Waals surface area contributed by atoms with Crippen LogP contribution in [0.25, 0.3) is 11.0 Å². The Morgan fingerprint density at radius 3 is 2.45 bits per heavy atom. The molecule has 1 aromatic heterocycles. The summed E-state index contributed by atoms with van der Waals surface area (Å²) in [7, 11) is 0. The van der Waals surface area contributed by atoms with E-state index in [9.17, 15) is 14.0 Å². The number of benzene rings is 2. The maximum absolute atomic E-state index is 13.1. The van der Waals surface area contributed by atoms with Crippen molar-refractivity contribution in [2.75, 3.05) is 10.6 Å². The van der Waals surface area contributed by atoms with E-state index in [2.05, 4.69) is 10.6 Å². The number of anilines is 2. The van der Waals surface area contributed by atoms with Gasteiger partial charge >= 0.3 is 0 Å². The van der Waals surface area contributed by atoms with Crippen LogP contribution in [0.4, 0.5) is 15.8 Å². The number of hydrogen-bond donors (Lipinski definition) is 2. The summed E-state index contributed by atoms with van der Waals surface area (Å²) in [5.74, 6) is -0.576. The maximum atomic E-state index is 13.1. The van der Waals surface area contributed by atoms with Crippen LogP contribution in [0.2, 0.25) is 0 Å². The second kappa shape index (κ2) is 8.47. The van der Waals surface area contributed by atoms with Crippen molar-refractivity contribution in [3.05, 3.63) is 60.1 Å². The van der Waals surface area contributed by atoms with E-state index in [1.54, 1.807) is 12.1 Å². The number of para-hydroxylation sites is 1. The quantitative estimate of drug-likeness (QED) is 0.580. The molecule has 1 fully saturated rings. The lowest BCUT2D eigenvalue weighted by Crippen LogP contribution is -2.20. The second-order valence-corrected chi connectivity index (χ2v) is 7.52. The van der Waals surface area contributed by atoms with Crippen LogP contribution in [0, 0.1) is 11.7 Å². The molecule has 1 aliphatic carbocycles. The van der Waals surface area contributed by atoms with Crippen LogP contribution in [0.15, 0.2) is 52.9 Å². The Morgan fingerprint density at radius 1 is 0.966 bits per heavy atom. The molecule has 2 amide bonds. The fourth-order valence-electron chi connectivity index (χ4n) is 3.89. The third-order valence-electron chi connectivity index (χ3n) is 5.37. The van der Waals surface area contributed by atoms with Gasteiger partial charge in [-0.2, -0.15) is 0 Å². The normalized spacial score (nSPS) is 14.7. The third-order valence-corrected chi connectivity index (χ3v) is 5.37. The lowest BCUT2D eigenvalue weighted by Gasteiger charge is -2.20. The van der Waals surface area contributed by atoms with Crippen LogP contribution in [-0.2, 0) is 4.79 Å². The minimum absolute atomic E-state index is 0.0347. The van der Waals surface area contributed by atoms with Gasteiger partial charge in [-0.25, -0.2) is 4.39 Å². The van der Waals surface area contributed by atoms with Crippen molar-refractivity contribution in [1.82, 2.24) is 0 Å². The molecule has 0 atom stereocenters. The van der Waals surface area contributed by atoms with Crippen molar-refractivity contribution >= 4 is 34.2 Å². The highest BCUT2D eigenvalue weighted by molar-refractivity contribution is 6.14. The smallest absolute Gasteiger partial charge is 0.293 e. The largest absolute Gasteiger partial charge is 0.449 e. The molecule has 1 heterocycles. The summed E-state index contributed by atoms with van der Waals surface area (Å²) in [5.41, 5.74) is 1.34. The zero-order chi connectivity index (χ0) is 20.2. The number of carbonyl (C=O) groups excluding carboxylic acids is 2. The minimum atomic E-state index is -0.499. The van der Waals surface area contributed by atoms with E-state index in [4.69, 9.17) is 4.42 Å². The molecular weight excluding hydrogens is 371 g/mol. The van der Waals surface area contributed by atoms with Crippen molar-refractivity contribution in [3.8, 4) is 0 Å². The predicted molar refractivity (Wildman–Crippen MR) is 110 cm³/mol. The molecule has 3 aromatic rings. The monoisotopic (exact) mass is 394 g/mol. The van der Waals surface area contributed by atoms with E-state index in [1.165, 1.54) is 30.7 Å². The Hall–Kier alpha value is -3.15. The molecule has 0 aliphatic heterocycles. The van der Waals surface area contributed by atoms with Crippen LogP contribution in [0.3, 0.4) is 0 Å². The zero-order valence-electron chi connectivity index (χ0n) is 16.0. The van der Waals surface area contributed by atoms with Crippen LogP contribution >= 0.6 is 0 Å². The Morgan fingerprint density at radius 2 is 1.69 bits per heavy atom. The van der Waals surface area contributed by atoms with E-state index in [-0.39, 0.29) is 17.5 Å². The van der Waals surface area contributed by atoms with Crippen molar-refractivity contribution in [1.29, 1.82) is 0 Å². The summed E-state index contributed by atoms with van der Waals surface area (Å²) in [6.07, 6.45) is 6.14. The molecule has 4 rings (SSSR count). The summed E-state index contributed by atoms with van der Waals surface area (Å²) < 4.78 is 18.9. The topological polar surface area (TPSA) is 71.3 Å². The van der Waals surface area contributed by atoms with E-state index < -0.39 is 5.91 Å². The summed E-state index contributed by atoms with van der Waals surface area (Å²) in [6.45, 7) is 0. The van der Waals surface area contributed by atoms with Gasteiger partial charge in [0.1, 0.15) is 17.1 Å². The average Bonchev–Trinajstić information content (AvgIpc) is 3.09. The lowest BCUT2D eigenvalue weighted by atomic mass is 9.87. The molecular formula is C23H23FN2O3.